The van der Waals surface area contributed by atoms with E-state index in [1.807, 2.05) is 12.1 Å². The molecule has 0 saturated heterocycles. The summed E-state index contributed by atoms with van der Waals surface area (Å²) in [6, 6.07) is 8.76. The highest BCUT2D eigenvalue weighted by Gasteiger charge is 2.66. The van der Waals surface area contributed by atoms with Gasteiger partial charge in [-0.3, -0.25) is 0 Å². The van der Waals surface area contributed by atoms with Gasteiger partial charge in [-0.05, 0) is 47.9 Å². The number of hydrogen-bond acceptors (Lipinski definition) is 1. The van der Waals surface area contributed by atoms with Gasteiger partial charge in [0.1, 0.15) is 0 Å². The molecular formula is C16H24ClN. The van der Waals surface area contributed by atoms with Gasteiger partial charge < -0.3 is 5.32 Å². The molecule has 18 heavy (non-hydrogen) atoms. The first kappa shape index (κ1) is 13.9. The van der Waals surface area contributed by atoms with E-state index in [-0.39, 0.29) is 0 Å². The number of nitrogens with one attached hydrogen (secondary N) is 1. The van der Waals surface area contributed by atoms with Gasteiger partial charge in [0, 0.05) is 11.1 Å². The molecule has 0 aliphatic heterocycles. The van der Waals surface area contributed by atoms with Crippen molar-refractivity contribution in [2.75, 3.05) is 7.05 Å². The summed E-state index contributed by atoms with van der Waals surface area (Å²) in [6.07, 6.45) is 1.07. The molecule has 1 aromatic rings. The van der Waals surface area contributed by atoms with E-state index in [2.05, 4.69) is 52.2 Å². The van der Waals surface area contributed by atoms with Crippen LogP contribution in [0.2, 0.25) is 5.02 Å². The minimum Gasteiger partial charge on any atom is -0.316 e. The van der Waals surface area contributed by atoms with E-state index in [1.54, 1.807) is 0 Å². The van der Waals surface area contributed by atoms with Gasteiger partial charge in [-0.15, -0.1) is 0 Å². The summed E-state index contributed by atoms with van der Waals surface area (Å²) in [6.45, 7) is 9.52. The lowest BCUT2D eigenvalue weighted by Crippen LogP contribution is -2.32. The molecule has 1 saturated carbocycles. The van der Waals surface area contributed by atoms with Gasteiger partial charge in [-0.2, -0.15) is 0 Å². The van der Waals surface area contributed by atoms with Gasteiger partial charge >= 0.3 is 0 Å². The van der Waals surface area contributed by atoms with E-state index < -0.39 is 0 Å². The van der Waals surface area contributed by atoms with Gasteiger partial charge in [0.05, 0.1) is 0 Å². The molecule has 0 spiro atoms. The molecule has 1 nitrogen and oxygen atoms in total. The Bertz CT molecular complexity index is 405. The minimum absolute atomic E-state index is 0.424. The second-order valence-electron chi connectivity index (χ2n) is 6.65. The molecule has 0 aromatic heterocycles. The molecule has 0 bridgehead atoms. The Morgan fingerprint density at radius 3 is 2.00 bits per heavy atom. The Kier molecular flexibility index (Phi) is 3.50. The van der Waals surface area contributed by atoms with Crippen molar-refractivity contribution in [2.45, 2.75) is 40.2 Å². The van der Waals surface area contributed by atoms with E-state index >= 15 is 0 Å². The number of halogens is 1. The first-order valence-electron chi connectivity index (χ1n) is 6.72. The molecule has 2 heteroatoms. The van der Waals surface area contributed by atoms with Crippen molar-refractivity contribution in [3.05, 3.63) is 34.9 Å². The van der Waals surface area contributed by atoms with Crippen molar-refractivity contribution in [3.8, 4) is 0 Å². The van der Waals surface area contributed by atoms with Crippen LogP contribution in [0.5, 0.6) is 0 Å². The second-order valence-corrected chi connectivity index (χ2v) is 7.08. The molecule has 1 aromatic carbocycles. The maximum Gasteiger partial charge on any atom is 0.0406 e. The minimum atomic E-state index is 0.424. The summed E-state index contributed by atoms with van der Waals surface area (Å²) in [4.78, 5) is 0. The molecule has 0 radical (unpaired) electrons. The van der Waals surface area contributed by atoms with Crippen LogP contribution < -0.4 is 5.32 Å². The third kappa shape index (κ3) is 2.19. The van der Waals surface area contributed by atoms with Gasteiger partial charge in [0.25, 0.3) is 0 Å². The summed E-state index contributed by atoms with van der Waals surface area (Å²) >= 11 is 5.93. The average Bonchev–Trinajstić information content (AvgIpc) is 2.70. The zero-order chi connectivity index (χ0) is 13.6. The van der Waals surface area contributed by atoms with Crippen molar-refractivity contribution in [1.29, 1.82) is 0 Å². The molecule has 2 rings (SSSR count). The normalized spacial score (nSPS) is 22.8. The van der Waals surface area contributed by atoms with Gasteiger partial charge in [0.2, 0.25) is 0 Å². The van der Waals surface area contributed by atoms with Crippen molar-refractivity contribution in [2.24, 2.45) is 16.7 Å². The first-order chi connectivity index (χ1) is 8.30. The third-order valence-electron chi connectivity index (χ3n) is 5.27. The number of rotatable bonds is 4. The predicted octanol–water partition coefficient (Wildman–Crippen LogP) is 4.15. The van der Waals surface area contributed by atoms with Crippen LogP contribution in [0.3, 0.4) is 0 Å². The van der Waals surface area contributed by atoms with Crippen LogP contribution >= 0.6 is 11.6 Å². The average molecular weight is 266 g/mol. The van der Waals surface area contributed by atoms with Gasteiger partial charge in [-0.25, -0.2) is 0 Å². The van der Waals surface area contributed by atoms with Crippen LogP contribution in [-0.4, -0.2) is 13.1 Å². The summed E-state index contributed by atoms with van der Waals surface area (Å²) in [5, 5.41) is 4.32. The lowest BCUT2D eigenvalue weighted by atomic mass is 9.97. The summed E-state index contributed by atoms with van der Waals surface area (Å²) in [7, 11) is 2.07. The summed E-state index contributed by atoms with van der Waals surface area (Å²) in [5.41, 5.74) is 2.21. The van der Waals surface area contributed by atoms with Gasteiger partial charge in [-0.1, -0.05) is 51.4 Å². The molecular weight excluding hydrogens is 242 g/mol. The fourth-order valence-corrected chi connectivity index (χ4v) is 3.64. The van der Waals surface area contributed by atoms with Crippen molar-refractivity contribution < 1.29 is 0 Å². The highest BCUT2D eigenvalue weighted by Crippen LogP contribution is 2.69. The smallest absolute Gasteiger partial charge is 0.0406 e. The topological polar surface area (TPSA) is 12.0 Å². The third-order valence-corrected chi connectivity index (χ3v) is 5.53. The first-order valence-corrected chi connectivity index (χ1v) is 7.10. The zero-order valence-corrected chi connectivity index (χ0v) is 12.8. The maximum absolute atomic E-state index is 5.93. The highest BCUT2D eigenvalue weighted by molar-refractivity contribution is 6.30. The molecule has 1 atom stereocenters. The maximum atomic E-state index is 5.93. The number of likely N-dealkylation sites (N-methyl/N-ethyl adjacent to an activating group) is 1. The molecule has 0 amide bonds. The van der Waals surface area contributed by atoms with Gasteiger partial charge in [0.15, 0.2) is 0 Å². The second kappa shape index (κ2) is 4.54. The molecule has 1 fully saturated rings. The van der Waals surface area contributed by atoms with E-state index in [0.717, 1.165) is 17.4 Å². The van der Waals surface area contributed by atoms with Crippen LogP contribution in [0.1, 0.15) is 33.3 Å². The number of benzene rings is 1. The van der Waals surface area contributed by atoms with E-state index in [1.165, 1.54) is 5.56 Å². The molecule has 1 aliphatic rings. The fourth-order valence-electron chi connectivity index (χ4n) is 3.51. The largest absolute Gasteiger partial charge is 0.316 e. The van der Waals surface area contributed by atoms with Crippen LogP contribution in [-0.2, 0) is 6.42 Å². The van der Waals surface area contributed by atoms with Crippen molar-refractivity contribution in [1.82, 2.24) is 5.32 Å². The Morgan fingerprint density at radius 2 is 1.61 bits per heavy atom. The lowest BCUT2D eigenvalue weighted by molar-refractivity contribution is 0.421. The SMILES string of the molecule is CNC(Cc1ccc(Cl)cc1)C1C(C)(C)C1(C)C. The van der Waals surface area contributed by atoms with Crippen molar-refractivity contribution >= 4 is 11.6 Å². The molecule has 0 heterocycles. The lowest BCUT2D eigenvalue weighted by Gasteiger charge is -2.18. The van der Waals surface area contributed by atoms with Crippen LogP contribution in [0.4, 0.5) is 0 Å². The van der Waals surface area contributed by atoms with Crippen LogP contribution in [0, 0.1) is 16.7 Å². The van der Waals surface area contributed by atoms with E-state index in [9.17, 15) is 0 Å². The molecule has 1 aliphatic carbocycles. The Hall–Kier alpha value is -0.530. The van der Waals surface area contributed by atoms with Crippen molar-refractivity contribution in [3.63, 3.8) is 0 Å². The predicted molar refractivity (Wildman–Crippen MR) is 79.1 cm³/mol. The summed E-state index contributed by atoms with van der Waals surface area (Å²) < 4.78 is 0. The molecule has 100 valence electrons. The quantitative estimate of drug-likeness (QED) is 0.862. The Labute approximate surface area is 116 Å². The van der Waals surface area contributed by atoms with E-state index in [4.69, 9.17) is 11.6 Å². The number of hydrogen-bond donors (Lipinski definition) is 1. The Morgan fingerprint density at radius 1 is 1.11 bits per heavy atom. The van der Waals surface area contributed by atoms with Crippen LogP contribution in [0.25, 0.3) is 0 Å². The summed E-state index contributed by atoms with van der Waals surface area (Å²) in [5.74, 6) is 0.727. The zero-order valence-electron chi connectivity index (χ0n) is 12.0. The molecule has 1 unspecified atom stereocenters. The fraction of sp³-hybridized carbons (Fsp3) is 0.625. The monoisotopic (exact) mass is 265 g/mol. The standard InChI is InChI=1S/C16H24ClN/c1-15(2)14(16(15,3)4)13(18-5)10-11-6-8-12(17)9-7-11/h6-9,13-14,18H,10H2,1-5H3. The molecule has 1 N–H and O–H groups in total. The van der Waals surface area contributed by atoms with E-state index in [0.29, 0.717) is 16.9 Å². The highest BCUT2D eigenvalue weighted by atomic mass is 35.5. The Balaban J connectivity index is 2.10. The van der Waals surface area contributed by atoms with Crippen LogP contribution in [0.15, 0.2) is 24.3 Å².